The average Bonchev–Trinajstić information content (AvgIpc) is 1.88. The number of hydrogen-bond acceptors (Lipinski definition) is 2. The highest BCUT2D eigenvalue weighted by Crippen LogP contribution is 2.05. The minimum absolute atomic E-state index is 0.321. The largest absolute Gasteiger partial charge is 0.298 e. The number of Topliss-reactive ketones (excluding diaryl/α,β-unsaturated/α-hetero) is 1. The first-order valence-corrected chi connectivity index (χ1v) is 3.66. The number of carbonyl (C=O) groups excluding carboxylic acids is 1. The lowest BCUT2D eigenvalue weighted by atomic mass is 10.1. The van der Waals surface area contributed by atoms with Gasteiger partial charge in [0.25, 0.3) is 0 Å². The molecule has 3 heteroatoms. The number of hydrogen-bond donors (Lipinski definition) is 0. The summed E-state index contributed by atoms with van der Waals surface area (Å²) in [5, 5.41) is 0. The summed E-state index contributed by atoms with van der Waals surface area (Å²) in [6.07, 6.45) is 1.72. The molecule has 52 valence electrons. The molecular formula is C6H10ClNO. The number of ketones is 1. The molecule has 1 saturated heterocycles. The number of likely N-dealkylation sites (tertiary alicyclic amines) is 1. The molecule has 0 spiro atoms. The van der Waals surface area contributed by atoms with Crippen molar-refractivity contribution in [2.75, 3.05) is 19.1 Å². The Labute approximate surface area is 59.8 Å². The van der Waals surface area contributed by atoms with Crippen LogP contribution >= 0.6 is 11.6 Å². The van der Waals surface area contributed by atoms with E-state index in [1.165, 1.54) is 0 Å². The summed E-state index contributed by atoms with van der Waals surface area (Å²) in [7, 11) is 0. The Bertz CT molecular complexity index is 116. The van der Waals surface area contributed by atoms with Gasteiger partial charge in [-0.15, -0.1) is 11.6 Å². The molecule has 0 bridgehead atoms. The number of rotatable bonds is 1. The fraction of sp³-hybridized carbons (Fsp3) is 0.833. The van der Waals surface area contributed by atoms with E-state index in [0.717, 1.165) is 19.4 Å². The molecule has 9 heavy (non-hydrogen) atoms. The van der Waals surface area contributed by atoms with Gasteiger partial charge in [-0.1, -0.05) is 0 Å². The monoisotopic (exact) mass is 147 g/mol. The predicted molar refractivity (Wildman–Crippen MR) is 36.5 cm³/mol. The van der Waals surface area contributed by atoms with Crippen molar-refractivity contribution >= 4 is 17.4 Å². The first kappa shape index (κ1) is 7.03. The molecule has 1 rings (SSSR count). The van der Waals surface area contributed by atoms with Crippen LogP contribution in [0.25, 0.3) is 0 Å². The molecule has 0 atom stereocenters. The molecule has 0 amide bonds. The molecule has 0 aliphatic carbocycles. The van der Waals surface area contributed by atoms with Gasteiger partial charge in [0.1, 0.15) is 5.78 Å². The second-order valence-corrected chi connectivity index (χ2v) is 2.55. The van der Waals surface area contributed by atoms with E-state index in [0.29, 0.717) is 18.3 Å². The maximum atomic E-state index is 10.7. The third kappa shape index (κ3) is 1.95. The number of alkyl halides is 1. The predicted octanol–water partition coefficient (Wildman–Crippen LogP) is 0.848. The molecule has 0 N–H and O–H groups in total. The molecule has 0 aromatic carbocycles. The van der Waals surface area contributed by atoms with E-state index in [4.69, 9.17) is 11.6 Å². The van der Waals surface area contributed by atoms with E-state index in [9.17, 15) is 4.79 Å². The van der Waals surface area contributed by atoms with Crippen molar-refractivity contribution in [2.45, 2.75) is 12.8 Å². The standard InChI is InChI=1S/C6H10ClNO/c7-5-8-3-1-2-6(9)4-8/h1-5H2. The zero-order valence-corrected chi connectivity index (χ0v) is 6.02. The van der Waals surface area contributed by atoms with Gasteiger partial charge >= 0.3 is 0 Å². The Balaban J connectivity index is 2.32. The van der Waals surface area contributed by atoms with Crippen LogP contribution in [0.5, 0.6) is 0 Å². The summed E-state index contributed by atoms with van der Waals surface area (Å²) in [4.78, 5) is 12.7. The first-order valence-electron chi connectivity index (χ1n) is 3.13. The van der Waals surface area contributed by atoms with Gasteiger partial charge in [0.05, 0.1) is 12.5 Å². The second kappa shape index (κ2) is 3.18. The summed E-state index contributed by atoms with van der Waals surface area (Å²) in [5.41, 5.74) is 0. The Morgan fingerprint density at radius 3 is 2.89 bits per heavy atom. The van der Waals surface area contributed by atoms with Crippen LogP contribution < -0.4 is 0 Å². The quantitative estimate of drug-likeness (QED) is 0.405. The van der Waals surface area contributed by atoms with E-state index in [-0.39, 0.29) is 0 Å². The molecule has 1 heterocycles. The lowest BCUT2D eigenvalue weighted by molar-refractivity contribution is -0.121. The Hall–Kier alpha value is -0.0800. The Kier molecular flexibility index (Phi) is 2.49. The molecule has 0 radical (unpaired) electrons. The van der Waals surface area contributed by atoms with Crippen LogP contribution in [0, 0.1) is 0 Å². The third-order valence-electron chi connectivity index (χ3n) is 1.50. The molecule has 1 aliphatic rings. The minimum atomic E-state index is 0.321. The Morgan fingerprint density at radius 1 is 1.67 bits per heavy atom. The topological polar surface area (TPSA) is 20.3 Å². The fourth-order valence-corrected chi connectivity index (χ4v) is 1.21. The van der Waals surface area contributed by atoms with Gasteiger partial charge in [-0.25, -0.2) is 0 Å². The molecule has 0 aromatic rings. The summed E-state index contributed by atoms with van der Waals surface area (Å²) in [6.45, 7) is 1.54. The Morgan fingerprint density at radius 2 is 2.44 bits per heavy atom. The van der Waals surface area contributed by atoms with Gasteiger partial charge in [0.15, 0.2) is 0 Å². The molecule has 0 unspecified atom stereocenters. The van der Waals surface area contributed by atoms with Gasteiger partial charge in [0.2, 0.25) is 0 Å². The van der Waals surface area contributed by atoms with Gasteiger partial charge < -0.3 is 0 Å². The second-order valence-electron chi connectivity index (χ2n) is 2.31. The minimum Gasteiger partial charge on any atom is -0.298 e. The zero-order chi connectivity index (χ0) is 6.69. The third-order valence-corrected chi connectivity index (χ3v) is 1.84. The van der Waals surface area contributed by atoms with Gasteiger partial charge in [0, 0.05) is 13.0 Å². The van der Waals surface area contributed by atoms with Crippen LogP contribution in [0.1, 0.15) is 12.8 Å². The van der Waals surface area contributed by atoms with Crippen LogP contribution in [0.4, 0.5) is 0 Å². The van der Waals surface area contributed by atoms with E-state index >= 15 is 0 Å². The van der Waals surface area contributed by atoms with Gasteiger partial charge in [-0.3, -0.25) is 9.69 Å². The van der Waals surface area contributed by atoms with Crippen molar-refractivity contribution < 1.29 is 4.79 Å². The highest BCUT2D eigenvalue weighted by molar-refractivity contribution is 6.17. The first-order chi connectivity index (χ1) is 4.33. The van der Waals surface area contributed by atoms with Crippen molar-refractivity contribution in [3.8, 4) is 0 Å². The van der Waals surface area contributed by atoms with Crippen LogP contribution in [0.3, 0.4) is 0 Å². The fourth-order valence-electron chi connectivity index (χ4n) is 1.01. The maximum absolute atomic E-state index is 10.7. The summed E-state index contributed by atoms with van der Waals surface area (Å²) in [6, 6.07) is 0.492. The summed E-state index contributed by atoms with van der Waals surface area (Å²) < 4.78 is 0. The van der Waals surface area contributed by atoms with Crippen LogP contribution in [0.15, 0.2) is 0 Å². The maximum Gasteiger partial charge on any atom is 0.146 e. The van der Waals surface area contributed by atoms with Crippen LogP contribution in [-0.2, 0) is 4.79 Å². The van der Waals surface area contributed by atoms with Crippen molar-refractivity contribution in [3.63, 3.8) is 0 Å². The highest BCUT2D eigenvalue weighted by Gasteiger charge is 2.14. The lowest BCUT2D eigenvalue weighted by Crippen LogP contribution is -2.34. The number of carbonyl (C=O) groups is 1. The van der Waals surface area contributed by atoms with E-state index < -0.39 is 0 Å². The SMILES string of the molecule is O=C1CCCN(CCl)C1. The number of piperidine rings is 1. The molecule has 1 aliphatic heterocycles. The van der Waals surface area contributed by atoms with Crippen molar-refractivity contribution in [1.29, 1.82) is 0 Å². The van der Waals surface area contributed by atoms with Crippen molar-refractivity contribution in [3.05, 3.63) is 0 Å². The van der Waals surface area contributed by atoms with Gasteiger partial charge in [-0.2, -0.15) is 0 Å². The molecule has 0 saturated carbocycles. The van der Waals surface area contributed by atoms with E-state index in [1.807, 2.05) is 4.90 Å². The average molecular weight is 148 g/mol. The molecule has 1 fully saturated rings. The van der Waals surface area contributed by atoms with Crippen LogP contribution in [0.2, 0.25) is 0 Å². The smallest absolute Gasteiger partial charge is 0.146 e. The van der Waals surface area contributed by atoms with E-state index in [2.05, 4.69) is 0 Å². The molecule has 0 aromatic heterocycles. The van der Waals surface area contributed by atoms with Crippen LogP contribution in [-0.4, -0.2) is 29.8 Å². The number of nitrogens with zero attached hydrogens (tertiary/aromatic N) is 1. The molecular weight excluding hydrogens is 138 g/mol. The van der Waals surface area contributed by atoms with E-state index in [1.54, 1.807) is 0 Å². The summed E-state index contributed by atoms with van der Waals surface area (Å²) in [5.74, 6) is 0.321. The molecule has 2 nitrogen and oxygen atoms in total. The summed E-state index contributed by atoms with van der Waals surface area (Å²) >= 11 is 5.52. The lowest BCUT2D eigenvalue weighted by Gasteiger charge is -2.22. The van der Waals surface area contributed by atoms with Crippen molar-refractivity contribution in [2.24, 2.45) is 0 Å². The zero-order valence-electron chi connectivity index (χ0n) is 5.27. The van der Waals surface area contributed by atoms with Gasteiger partial charge in [-0.05, 0) is 6.42 Å². The number of halogens is 1. The highest BCUT2D eigenvalue weighted by atomic mass is 35.5. The normalized spacial score (nSPS) is 22.6. The van der Waals surface area contributed by atoms with Crippen molar-refractivity contribution in [1.82, 2.24) is 4.90 Å².